The van der Waals surface area contributed by atoms with Gasteiger partial charge in [-0.05, 0) is 41.7 Å². The quantitative estimate of drug-likeness (QED) is 0.892. The molecule has 1 heterocycles. The third-order valence-electron chi connectivity index (χ3n) is 3.05. The predicted molar refractivity (Wildman–Crippen MR) is 75.5 cm³/mol. The topological polar surface area (TPSA) is 37.3 Å². The van der Waals surface area contributed by atoms with E-state index in [1.54, 1.807) is 6.07 Å². The summed E-state index contributed by atoms with van der Waals surface area (Å²) in [6.07, 6.45) is 1.95. The number of thiophene rings is 1. The van der Waals surface area contributed by atoms with Crippen LogP contribution in [-0.2, 0) is 12.8 Å². The van der Waals surface area contributed by atoms with E-state index < -0.39 is 5.97 Å². The highest BCUT2D eigenvalue weighted by Crippen LogP contribution is 2.32. The Hall–Kier alpha value is -1.61. The minimum absolute atomic E-state index is 0.397. The summed E-state index contributed by atoms with van der Waals surface area (Å²) in [6.45, 7) is 4.25. The number of hydrogen-bond donors (Lipinski definition) is 1. The molecule has 0 unspecified atom stereocenters. The van der Waals surface area contributed by atoms with Gasteiger partial charge in [0.05, 0.1) is 0 Å². The van der Waals surface area contributed by atoms with Gasteiger partial charge in [-0.15, -0.1) is 11.3 Å². The maximum absolute atomic E-state index is 10.9. The summed E-state index contributed by atoms with van der Waals surface area (Å²) < 4.78 is 0. The number of aromatic carboxylic acids is 1. The van der Waals surface area contributed by atoms with E-state index in [-0.39, 0.29) is 0 Å². The summed E-state index contributed by atoms with van der Waals surface area (Å²) in [7, 11) is 0. The minimum Gasteiger partial charge on any atom is -0.477 e. The second-order valence-electron chi connectivity index (χ2n) is 4.17. The van der Waals surface area contributed by atoms with Crippen molar-refractivity contribution in [1.82, 2.24) is 0 Å². The first-order valence-corrected chi connectivity index (χ1v) is 6.92. The van der Waals surface area contributed by atoms with Gasteiger partial charge in [-0.2, -0.15) is 0 Å². The van der Waals surface area contributed by atoms with E-state index in [9.17, 15) is 4.79 Å². The SMILES string of the molecule is CCc1ccc(CC)c(-c2ccc(C(=O)O)s2)c1. The van der Waals surface area contributed by atoms with Gasteiger partial charge in [0.1, 0.15) is 4.88 Å². The average Bonchev–Trinajstić information content (AvgIpc) is 2.87. The van der Waals surface area contributed by atoms with Crippen molar-refractivity contribution in [2.75, 3.05) is 0 Å². The molecule has 0 aliphatic carbocycles. The largest absolute Gasteiger partial charge is 0.477 e. The Kier molecular flexibility index (Phi) is 3.82. The highest BCUT2D eigenvalue weighted by Gasteiger charge is 2.11. The molecule has 0 aliphatic rings. The smallest absolute Gasteiger partial charge is 0.345 e. The maximum atomic E-state index is 10.9. The fourth-order valence-corrected chi connectivity index (χ4v) is 2.88. The third kappa shape index (κ3) is 2.46. The molecule has 3 heteroatoms. The zero-order valence-electron chi connectivity index (χ0n) is 10.6. The van der Waals surface area contributed by atoms with Crippen LogP contribution in [0.3, 0.4) is 0 Å². The molecule has 1 N–H and O–H groups in total. The highest BCUT2D eigenvalue weighted by molar-refractivity contribution is 7.17. The number of hydrogen-bond acceptors (Lipinski definition) is 2. The number of carboxylic acid groups (broad SMARTS) is 1. The van der Waals surface area contributed by atoms with Crippen LogP contribution >= 0.6 is 11.3 Å². The Bertz CT molecular complexity index is 570. The molecule has 1 aromatic heterocycles. The second-order valence-corrected chi connectivity index (χ2v) is 5.25. The van der Waals surface area contributed by atoms with Crippen LogP contribution in [0.25, 0.3) is 10.4 Å². The van der Waals surface area contributed by atoms with Gasteiger partial charge in [0, 0.05) is 4.88 Å². The van der Waals surface area contributed by atoms with E-state index >= 15 is 0 Å². The minimum atomic E-state index is -0.851. The molecule has 0 aliphatic heterocycles. The summed E-state index contributed by atoms with van der Waals surface area (Å²) in [4.78, 5) is 12.4. The van der Waals surface area contributed by atoms with E-state index in [2.05, 4.69) is 32.0 Å². The highest BCUT2D eigenvalue weighted by atomic mass is 32.1. The van der Waals surface area contributed by atoms with Crippen LogP contribution in [0, 0.1) is 0 Å². The fourth-order valence-electron chi connectivity index (χ4n) is 1.98. The molecule has 0 spiro atoms. The maximum Gasteiger partial charge on any atom is 0.345 e. The van der Waals surface area contributed by atoms with Crippen molar-refractivity contribution in [3.8, 4) is 10.4 Å². The van der Waals surface area contributed by atoms with Gasteiger partial charge in [0.2, 0.25) is 0 Å². The number of benzene rings is 1. The molecular formula is C15H16O2S. The summed E-state index contributed by atoms with van der Waals surface area (Å²) in [5.41, 5.74) is 3.73. The Morgan fingerprint density at radius 2 is 1.94 bits per heavy atom. The molecule has 0 radical (unpaired) electrons. The van der Waals surface area contributed by atoms with Gasteiger partial charge in [-0.3, -0.25) is 0 Å². The zero-order valence-corrected chi connectivity index (χ0v) is 11.4. The van der Waals surface area contributed by atoms with E-state index in [0.717, 1.165) is 17.7 Å². The lowest BCUT2D eigenvalue weighted by molar-refractivity contribution is 0.0702. The Balaban J connectivity index is 2.50. The molecule has 0 atom stereocenters. The lowest BCUT2D eigenvalue weighted by Gasteiger charge is -2.08. The molecule has 0 saturated carbocycles. The van der Waals surface area contributed by atoms with Crippen LogP contribution in [0.2, 0.25) is 0 Å². The van der Waals surface area contributed by atoms with Crippen LogP contribution in [-0.4, -0.2) is 11.1 Å². The lowest BCUT2D eigenvalue weighted by atomic mass is 10.00. The Morgan fingerprint density at radius 3 is 2.50 bits per heavy atom. The van der Waals surface area contributed by atoms with Crippen LogP contribution in [0.4, 0.5) is 0 Å². The third-order valence-corrected chi connectivity index (χ3v) is 4.15. The molecule has 0 amide bonds. The van der Waals surface area contributed by atoms with Crippen LogP contribution < -0.4 is 0 Å². The summed E-state index contributed by atoms with van der Waals surface area (Å²) in [5, 5.41) is 8.98. The number of carbonyl (C=O) groups is 1. The van der Waals surface area contributed by atoms with Crippen molar-refractivity contribution in [2.24, 2.45) is 0 Å². The predicted octanol–water partition coefficient (Wildman–Crippen LogP) is 4.24. The first-order valence-electron chi connectivity index (χ1n) is 6.11. The lowest BCUT2D eigenvalue weighted by Crippen LogP contribution is -1.90. The van der Waals surface area contributed by atoms with Crippen molar-refractivity contribution >= 4 is 17.3 Å². The average molecular weight is 260 g/mol. The molecule has 0 fully saturated rings. The van der Waals surface area contributed by atoms with Crippen molar-refractivity contribution in [1.29, 1.82) is 0 Å². The molecule has 0 saturated heterocycles. The molecule has 0 bridgehead atoms. The van der Waals surface area contributed by atoms with Crippen LogP contribution in [0.1, 0.15) is 34.6 Å². The van der Waals surface area contributed by atoms with E-state index in [0.29, 0.717) is 4.88 Å². The van der Waals surface area contributed by atoms with Crippen molar-refractivity contribution in [3.63, 3.8) is 0 Å². The van der Waals surface area contributed by atoms with E-state index in [4.69, 9.17) is 5.11 Å². The van der Waals surface area contributed by atoms with Crippen molar-refractivity contribution < 1.29 is 9.90 Å². The molecule has 1 aromatic carbocycles. The van der Waals surface area contributed by atoms with Gasteiger partial charge < -0.3 is 5.11 Å². The normalized spacial score (nSPS) is 10.6. The zero-order chi connectivity index (χ0) is 13.1. The molecule has 94 valence electrons. The summed E-state index contributed by atoms with van der Waals surface area (Å²) >= 11 is 1.34. The fraction of sp³-hybridized carbons (Fsp3) is 0.267. The van der Waals surface area contributed by atoms with E-state index in [1.165, 1.54) is 28.0 Å². The molecule has 18 heavy (non-hydrogen) atoms. The first kappa shape index (κ1) is 12.8. The molecule has 2 rings (SSSR count). The molecule has 2 aromatic rings. The monoisotopic (exact) mass is 260 g/mol. The number of carboxylic acids is 1. The van der Waals surface area contributed by atoms with Gasteiger partial charge in [-0.1, -0.05) is 32.0 Å². The Labute approximate surface area is 111 Å². The van der Waals surface area contributed by atoms with Gasteiger partial charge >= 0.3 is 5.97 Å². The van der Waals surface area contributed by atoms with Gasteiger partial charge in [0.25, 0.3) is 0 Å². The number of rotatable bonds is 4. The first-order chi connectivity index (χ1) is 8.65. The Morgan fingerprint density at radius 1 is 1.17 bits per heavy atom. The second kappa shape index (κ2) is 5.36. The summed E-state index contributed by atoms with van der Waals surface area (Å²) in [6, 6.07) is 10.1. The standard InChI is InChI=1S/C15H16O2S/c1-3-10-5-6-11(4-2)12(9-10)13-7-8-14(18-13)15(16)17/h5-9H,3-4H2,1-2H3,(H,16,17). The molecular weight excluding hydrogens is 244 g/mol. The molecule has 2 nitrogen and oxygen atoms in total. The van der Waals surface area contributed by atoms with E-state index in [1.807, 2.05) is 6.07 Å². The summed E-state index contributed by atoms with van der Waals surface area (Å²) in [5.74, 6) is -0.851. The van der Waals surface area contributed by atoms with Crippen molar-refractivity contribution in [2.45, 2.75) is 26.7 Å². The van der Waals surface area contributed by atoms with Gasteiger partial charge in [0.15, 0.2) is 0 Å². The van der Waals surface area contributed by atoms with Gasteiger partial charge in [-0.25, -0.2) is 4.79 Å². The van der Waals surface area contributed by atoms with Crippen LogP contribution in [0.15, 0.2) is 30.3 Å². The van der Waals surface area contributed by atoms with Crippen molar-refractivity contribution in [3.05, 3.63) is 46.3 Å². The number of aryl methyl sites for hydroxylation is 2. The van der Waals surface area contributed by atoms with Crippen LogP contribution in [0.5, 0.6) is 0 Å².